The van der Waals surface area contributed by atoms with Gasteiger partial charge in [0.2, 0.25) is 5.91 Å². The Balaban J connectivity index is 1.64. The molecular formula is C35H44FN3O5S. The van der Waals surface area contributed by atoms with Gasteiger partial charge in [-0.25, -0.2) is 9.18 Å². The van der Waals surface area contributed by atoms with E-state index in [2.05, 4.69) is 5.32 Å². The number of hydrogen-bond acceptors (Lipinski definition) is 7. The van der Waals surface area contributed by atoms with Crippen molar-refractivity contribution < 1.29 is 28.2 Å². The molecule has 3 aromatic rings. The van der Waals surface area contributed by atoms with Crippen LogP contribution in [0.15, 0.2) is 42.5 Å². The van der Waals surface area contributed by atoms with Crippen molar-refractivity contribution >= 4 is 28.8 Å². The monoisotopic (exact) mass is 637 g/mol. The van der Waals surface area contributed by atoms with Gasteiger partial charge in [-0.15, -0.1) is 0 Å². The lowest BCUT2D eigenvalue weighted by Gasteiger charge is -2.20. The predicted molar refractivity (Wildman–Crippen MR) is 175 cm³/mol. The van der Waals surface area contributed by atoms with Crippen LogP contribution in [0.5, 0.6) is 6.01 Å². The number of nitrogens with one attached hydrogen (secondary N) is 1. The third-order valence-electron chi connectivity index (χ3n) is 7.26. The minimum absolute atomic E-state index is 0.106. The minimum atomic E-state index is -0.666. The van der Waals surface area contributed by atoms with Gasteiger partial charge in [-0.2, -0.15) is 4.98 Å². The molecule has 1 atom stereocenters. The average molecular weight is 638 g/mol. The van der Waals surface area contributed by atoms with E-state index in [4.69, 9.17) is 14.5 Å². The fourth-order valence-electron chi connectivity index (χ4n) is 5.13. The van der Waals surface area contributed by atoms with Crippen molar-refractivity contribution in [3.05, 3.63) is 70.8 Å². The molecule has 1 aromatic heterocycles. The summed E-state index contributed by atoms with van der Waals surface area (Å²) < 4.78 is 29.1. The number of rotatable bonds is 13. The molecule has 1 aliphatic rings. The molecule has 1 saturated carbocycles. The Morgan fingerprint density at radius 1 is 1.13 bits per heavy atom. The van der Waals surface area contributed by atoms with Gasteiger partial charge in [0.15, 0.2) is 5.12 Å². The summed E-state index contributed by atoms with van der Waals surface area (Å²) in [5.74, 6) is -0.631. The molecule has 8 nitrogen and oxygen atoms in total. The highest BCUT2D eigenvalue weighted by atomic mass is 32.2. The van der Waals surface area contributed by atoms with Gasteiger partial charge in [-0.05, 0) is 76.1 Å². The van der Waals surface area contributed by atoms with Gasteiger partial charge in [-0.1, -0.05) is 55.9 Å². The second kappa shape index (κ2) is 14.6. The van der Waals surface area contributed by atoms with E-state index in [1.54, 1.807) is 57.2 Å². The molecule has 2 aromatic carbocycles. The third-order valence-corrected chi connectivity index (χ3v) is 8.28. The Labute approximate surface area is 269 Å². The topological polar surface area (TPSA) is 99.5 Å². The van der Waals surface area contributed by atoms with E-state index in [0.29, 0.717) is 41.3 Å². The number of thioether (sulfide) groups is 1. The molecular weight excluding hydrogens is 593 g/mol. The van der Waals surface area contributed by atoms with Crippen LogP contribution in [0.25, 0.3) is 11.1 Å². The second-order valence-corrected chi connectivity index (χ2v) is 14.2. The third kappa shape index (κ3) is 9.19. The molecule has 242 valence electrons. The van der Waals surface area contributed by atoms with Crippen molar-refractivity contribution in [1.82, 2.24) is 14.9 Å². The maximum Gasteiger partial charge on any atom is 0.339 e. The number of benzene rings is 2. The van der Waals surface area contributed by atoms with Crippen molar-refractivity contribution in [3.8, 4) is 17.1 Å². The fraction of sp³-hybridized carbons (Fsp3) is 0.486. The summed E-state index contributed by atoms with van der Waals surface area (Å²) in [7, 11) is 0. The van der Waals surface area contributed by atoms with Crippen LogP contribution in [0.2, 0.25) is 0 Å². The molecule has 0 unspecified atom stereocenters. The Hall–Kier alpha value is -3.66. The van der Waals surface area contributed by atoms with E-state index in [9.17, 15) is 14.4 Å². The lowest BCUT2D eigenvalue weighted by atomic mass is 9.98. The zero-order valence-electron chi connectivity index (χ0n) is 27.2. The van der Waals surface area contributed by atoms with Crippen molar-refractivity contribution in [3.63, 3.8) is 0 Å². The standard InChI is InChI=1S/C35H44FN3O5S/c1-8-43-34-38-31(23-13-14-23)29(19-37-32(41)30(17-21(2)3)45-22(4)40)39(34)20-25-16-15-24(18-28(25)36)26-11-9-10-12-27(26)33(42)44-35(5,6)7/h9-12,15-16,18,21,23,30H,8,13-14,17,19-20H2,1-7H3,(H,37,41)/t30-/m0/s1. The lowest BCUT2D eigenvalue weighted by molar-refractivity contribution is -0.121. The van der Waals surface area contributed by atoms with E-state index < -0.39 is 22.6 Å². The van der Waals surface area contributed by atoms with Gasteiger partial charge in [0.1, 0.15) is 11.4 Å². The number of imidazole rings is 1. The first kappa shape index (κ1) is 34.2. The smallest absolute Gasteiger partial charge is 0.339 e. The second-order valence-electron chi connectivity index (χ2n) is 12.8. The van der Waals surface area contributed by atoms with Gasteiger partial charge in [-0.3, -0.25) is 14.2 Å². The Morgan fingerprint density at radius 3 is 2.44 bits per heavy atom. The highest BCUT2D eigenvalue weighted by molar-refractivity contribution is 8.14. The van der Waals surface area contributed by atoms with Crippen molar-refractivity contribution in [2.24, 2.45) is 5.92 Å². The molecule has 0 saturated heterocycles. The minimum Gasteiger partial charge on any atom is -0.465 e. The summed E-state index contributed by atoms with van der Waals surface area (Å²) in [6.07, 6.45) is 2.54. The molecule has 1 fully saturated rings. The molecule has 1 amide bonds. The number of carbonyl (C=O) groups excluding carboxylic acids is 3. The van der Waals surface area contributed by atoms with E-state index in [1.165, 1.54) is 13.0 Å². The maximum atomic E-state index is 15.8. The first-order valence-corrected chi connectivity index (χ1v) is 16.4. The highest BCUT2D eigenvalue weighted by Gasteiger charge is 2.33. The summed E-state index contributed by atoms with van der Waals surface area (Å²) >= 11 is 1.04. The molecule has 0 spiro atoms. The van der Waals surface area contributed by atoms with Crippen LogP contribution < -0.4 is 10.1 Å². The SMILES string of the molecule is CCOc1nc(C2CC2)c(CNC(=O)[C@H](CC(C)C)SC(C)=O)n1Cc1ccc(-c2ccccc2C(=O)OC(C)(C)C)cc1F. The number of ether oxygens (including phenoxy) is 2. The molecule has 1 N–H and O–H groups in total. The van der Waals surface area contributed by atoms with Crippen LogP contribution in [0.3, 0.4) is 0 Å². The molecule has 0 bridgehead atoms. The van der Waals surface area contributed by atoms with Crippen LogP contribution >= 0.6 is 11.8 Å². The van der Waals surface area contributed by atoms with Crippen LogP contribution in [-0.4, -0.2) is 44.0 Å². The van der Waals surface area contributed by atoms with Gasteiger partial charge in [0, 0.05) is 18.4 Å². The molecule has 0 aliphatic heterocycles. The first-order valence-electron chi connectivity index (χ1n) is 15.6. The zero-order chi connectivity index (χ0) is 32.9. The zero-order valence-corrected chi connectivity index (χ0v) is 28.1. The number of carbonyl (C=O) groups is 3. The number of amides is 1. The van der Waals surface area contributed by atoms with Crippen LogP contribution in [0, 0.1) is 11.7 Å². The predicted octanol–water partition coefficient (Wildman–Crippen LogP) is 7.28. The normalized spacial score (nSPS) is 13.9. The summed E-state index contributed by atoms with van der Waals surface area (Å²) in [5, 5.41) is 2.42. The van der Waals surface area contributed by atoms with E-state index in [0.717, 1.165) is 36.0 Å². The molecule has 1 heterocycles. The molecule has 4 rings (SSSR count). The molecule has 45 heavy (non-hydrogen) atoms. The molecule has 1 aliphatic carbocycles. The maximum absolute atomic E-state index is 15.8. The quantitative estimate of drug-likeness (QED) is 0.197. The largest absolute Gasteiger partial charge is 0.465 e. The Kier molecular flexibility index (Phi) is 11.1. The van der Waals surface area contributed by atoms with Gasteiger partial charge in [0.05, 0.1) is 41.9 Å². The van der Waals surface area contributed by atoms with Gasteiger partial charge in [0.25, 0.3) is 6.01 Å². The number of esters is 1. The number of nitrogens with zero attached hydrogens (tertiary/aromatic N) is 2. The van der Waals surface area contributed by atoms with Crippen molar-refractivity contribution in [2.75, 3.05) is 6.61 Å². The van der Waals surface area contributed by atoms with Gasteiger partial charge >= 0.3 is 5.97 Å². The lowest BCUT2D eigenvalue weighted by Crippen LogP contribution is -2.34. The summed E-state index contributed by atoms with van der Waals surface area (Å²) in [6.45, 7) is 13.5. The van der Waals surface area contributed by atoms with E-state index in [1.807, 2.05) is 25.3 Å². The summed E-state index contributed by atoms with van der Waals surface area (Å²) in [4.78, 5) is 42.8. The first-order chi connectivity index (χ1) is 21.3. The summed E-state index contributed by atoms with van der Waals surface area (Å²) in [5.41, 5.74) is 2.85. The van der Waals surface area contributed by atoms with E-state index in [-0.39, 0.29) is 35.9 Å². The highest BCUT2D eigenvalue weighted by Crippen LogP contribution is 2.42. The average Bonchev–Trinajstić information content (AvgIpc) is 3.74. The Bertz CT molecular complexity index is 1540. The van der Waals surface area contributed by atoms with Crippen LogP contribution in [-0.2, 0) is 27.4 Å². The Morgan fingerprint density at radius 2 is 1.84 bits per heavy atom. The van der Waals surface area contributed by atoms with Gasteiger partial charge < -0.3 is 14.8 Å². The van der Waals surface area contributed by atoms with Crippen LogP contribution in [0.1, 0.15) is 101 Å². The fourth-order valence-corrected chi connectivity index (χ4v) is 6.21. The number of hydrogen-bond donors (Lipinski definition) is 1. The number of halogens is 1. The summed E-state index contributed by atoms with van der Waals surface area (Å²) in [6, 6.07) is 12.3. The molecule has 0 radical (unpaired) electrons. The van der Waals surface area contributed by atoms with E-state index >= 15 is 4.39 Å². The molecule has 10 heteroatoms. The van der Waals surface area contributed by atoms with Crippen molar-refractivity contribution in [2.45, 2.75) is 97.6 Å². The number of aromatic nitrogens is 2. The van der Waals surface area contributed by atoms with Crippen LogP contribution in [0.4, 0.5) is 4.39 Å². The van der Waals surface area contributed by atoms with Crippen molar-refractivity contribution in [1.29, 1.82) is 0 Å².